The molecule has 0 saturated carbocycles. The van der Waals surface area contributed by atoms with Crippen LogP contribution in [0.25, 0.3) is 0 Å². The van der Waals surface area contributed by atoms with Gasteiger partial charge in [0.1, 0.15) is 6.61 Å². The zero-order chi connectivity index (χ0) is 23.1. The molecule has 0 radical (unpaired) electrons. The molecule has 0 aromatic heterocycles. The Kier molecular flexibility index (Phi) is 7.77. The second kappa shape index (κ2) is 10.7. The van der Waals surface area contributed by atoms with E-state index in [1.165, 1.54) is 25.5 Å². The lowest BCUT2D eigenvalue weighted by molar-refractivity contribution is -0.384. The molecular weight excluding hydrogens is 525 g/mol. The molecule has 0 spiro atoms. The lowest BCUT2D eigenvalue weighted by Crippen LogP contribution is -2.18. The quantitative estimate of drug-likeness (QED) is 0.189. The van der Waals surface area contributed by atoms with Crippen LogP contribution in [0.2, 0.25) is 0 Å². The molecule has 3 aromatic carbocycles. The van der Waals surface area contributed by atoms with Crippen molar-refractivity contribution in [1.29, 1.82) is 0 Å². The second-order valence-corrected chi connectivity index (χ2v) is 7.92. The summed E-state index contributed by atoms with van der Waals surface area (Å²) in [7, 11) is 1.53. The van der Waals surface area contributed by atoms with E-state index in [0.29, 0.717) is 17.1 Å². The van der Waals surface area contributed by atoms with Gasteiger partial charge in [0.05, 0.1) is 21.8 Å². The molecule has 0 heterocycles. The fourth-order valence-electron chi connectivity index (χ4n) is 2.88. The first-order chi connectivity index (χ1) is 15.4. The number of nitrogens with zero attached hydrogens (tertiary/aromatic N) is 2. The van der Waals surface area contributed by atoms with Crippen molar-refractivity contribution in [3.63, 3.8) is 0 Å². The molecule has 0 aliphatic heterocycles. The summed E-state index contributed by atoms with van der Waals surface area (Å²) in [6.45, 7) is 2.09. The lowest BCUT2D eigenvalue weighted by atomic mass is 10.1. The Morgan fingerprint density at radius 3 is 2.56 bits per heavy atom. The fraction of sp³-hybridized carbons (Fsp3) is 0.130. The Morgan fingerprint density at radius 2 is 1.91 bits per heavy atom. The molecule has 0 unspecified atom stereocenters. The van der Waals surface area contributed by atoms with Crippen molar-refractivity contribution in [2.75, 3.05) is 7.11 Å². The second-order valence-electron chi connectivity index (χ2n) is 6.76. The molecule has 8 nitrogen and oxygen atoms in total. The summed E-state index contributed by atoms with van der Waals surface area (Å²) >= 11 is 2.13. The van der Waals surface area contributed by atoms with Crippen molar-refractivity contribution >= 4 is 40.4 Å². The van der Waals surface area contributed by atoms with Crippen molar-refractivity contribution in [2.45, 2.75) is 13.5 Å². The van der Waals surface area contributed by atoms with Crippen molar-refractivity contribution in [3.05, 3.63) is 96.6 Å². The molecule has 164 valence electrons. The smallest absolute Gasteiger partial charge is 0.271 e. The highest BCUT2D eigenvalue weighted by Crippen LogP contribution is 2.34. The maximum Gasteiger partial charge on any atom is 0.271 e. The van der Waals surface area contributed by atoms with E-state index in [4.69, 9.17) is 9.47 Å². The number of hydrazone groups is 1. The zero-order valence-corrected chi connectivity index (χ0v) is 19.5. The van der Waals surface area contributed by atoms with Gasteiger partial charge in [-0.15, -0.1) is 0 Å². The number of ether oxygens (including phenoxy) is 2. The monoisotopic (exact) mass is 545 g/mol. The maximum atomic E-state index is 12.3. The van der Waals surface area contributed by atoms with Crippen LogP contribution in [0.15, 0.2) is 65.8 Å². The summed E-state index contributed by atoms with van der Waals surface area (Å²) in [6.07, 6.45) is 1.53. The molecule has 0 atom stereocenters. The summed E-state index contributed by atoms with van der Waals surface area (Å²) < 4.78 is 12.1. The molecule has 9 heteroatoms. The average Bonchev–Trinajstić information content (AvgIpc) is 2.78. The number of halogens is 1. The average molecular weight is 545 g/mol. The van der Waals surface area contributed by atoms with Crippen LogP contribution in [0, 0.1) is 20.6 Å². The number of nitrogens with one attached hydrogen (secondary N) is 1. The minimum atomic E-state index is -0.444. The third-order valence-corrected chi connectivity index (χ3v) is 5.35. The number of nitro groups is 1. The highest BCUT2D eigenvalue weighted by Gasteiger charge is 2.13. The van der Waals surface area contributed by atoms with E-state index in [9.17, 15) is 14.9 Å². The molecular formula is C23H20IN3O5. The van der Waals surface area contributed by atoms with Crippen molar-refractivity contribution in [2.24, 2.45) is 5.10 Å². The predicted octanol–water partition coefficient (Wildman–Crippen LogP) is 4.86. The van der Waals surface area contributed by atoms with E-state index in [1.807, 2.05) is 25.1 Å². The number of carbonyl (C=O) groups excluding carboxylic acids is 1. The number of amides is 1. The highest BCUT2D eigenvalue weighted by molar-refractivity contribution is 14.1. The summed E-state index contributed by atoms with van der Waals surface area (Å²) in [6, 6.07) is 17.0. The van der Waals surface area contributed by atoms with Gasteiger partial charge in [-0.05, 0) is 76.5 Å². The Morgan fingerprint density at radius 1 is 1.19 bits per heavy atom. The van der Waals surface area contributed by atoms with Crippen LogP contribution >= 0.6 is 22.6 Å². The molecule has 1 amide bonds. The first-order valence-electron chi connectivity index (χ1n) is 9.51. The number of methoxy groups -OCH3 is 1. The molecule has 0 fully saturated rings. The molecule has 0 aliphatic carbocycles. The Balaban J connectivity index is 1.69. The number of nitro benzene ring substituents is 1. The minimum Gasteiger partial charge on any atom is -0.493 e. The number of rotatable bonds is 8. The molecule has 3 rings (SSSR count). The SMILES string of the molecule is COc1cc(/C=N\NC(=O)c2ccccc2C)cc(I)c1OCc1ccc([N+](=O)[O-])cc1. The molecule has 0 saturated heterocycles. The molecule has 0 bridgehead atoms. The predicted molar refractivity (Wildman–Crippen MR) is 129 cm³/mol. The van der Waals surface area contributed by atoms with Gasteiger partial charge in [-0.3, -0.25) is 14.9 Å². The van der Waals surface area contributed by atoms with E-state index >= 15 is 0 Å². The first-order valence-corrected chi connectivity index (χ1v) is 10.6. The van der Waals surface area contributed by atoms with Crippen molar-refractivity contribution in [3.8, 4) is 11.5 Å². The first kappa shape index (κ1) is 23.2. The molecule has 1 N–H and O–H groups in total. The Hall–Kier alpha value is -3.47. The highest BCUT2D eigenvalue weighted by atomic mass is 127. The van der Waals surface area contributed by atoms with E-state index in [-0.39, 0.29) is 18.2 Å². The normalized spacial score (nSPS) is 10.7. The number of non-ortho nitro benzene ring substituents is 1. The van der Waals surface area contributed by atoms with Gasteiger partial charge in [0.25, 0.3) is 11.6 Å². The van der Waals surface area contributed by atoms with Gasteiger partial charge in [0, 0.05) is 17.7 Å². The van der Waals surface area contributed by atoms with E-state index < -0.39 is 4.92 Å². The Labute approximate surface area is 198 Å². The van der Waals surface area contributed by atoms with Gasteiger partial charge in [-0.2, -0.15) is 5.10 Å². The number of hydrogen-bond acceptors (Lipinski definition) is 6. The maximum absolute atomic E-state index is 12.3. The molecule has 3 aromatic rings. The summed E-state index contributed by atoms with van der Waals surface area (Å²) in [5.74, 6) is 0.766. The van der Waals surface area contributed by atoms with Crippen LogP contribution in [-0.4, -0.2) is 24.2 Å². The summed E-state index contributed by atoms with van der Waals surface area (Å²) in [5, 5.41) is 14.8. The van der Waals surface area contributed by atoms with Crippen LogP contribution in [-0.2, 0) is 6.61 Å². The minimum absolute atomic E-state index is 0.0269. The zero-order valence-electron chi connectivity index (χ0n) is 17.4. The van der Waals surface area contributed by atoms with Crippen LogP contribution in [0.4, 0.5) is 5.69 Å². The third kappa shape index (κ3) is 5.82. The van der Waals surface area contributed by atoms with Crippen molar-refractivity contribution in [1.82, 2.24) is 5.43 Å². The Bertz CT molecular complexity index is 1160. The topological polar surface area (TPSA) is 103 Å². The lowest BCUT2D eigenvalue weighted by Gasteiger charge is -2.13. The molecule has 32 heavy (non-hydrogen) atoms. The van der Waals surface area contributed by atoms with Crippen LogP contribution in [0.3, 0.4) is 0 Å². The standard InChI is InChI=1S/C23H20IN3O5/c1-15-5-3-4-6-19(15)23(28)26-25-13-17-11-20(24)22(21(12-17)31-2)32-14-16-7-9-18(10-8-16)27(29)30/h3-13H,14H2,1-2H3,(H,26,28)/b25-13-. The number of benzene rings is 3. The van der Waals surface area contributed by atoms with E-state index in [2.05, 4.69) is 33.1 Å². The van der Waals surface area contributed by atoms with Crippen LogP contribution in [0.5, 0.6) is 11.5 Å². The van der Waals surface area contributed by atoms with Crippen LogP contribution in [0.1, 0.15) is 27.0 Å². The number of carbonyl (C=O) groups is 1. The van der Waals surface area contributed by atoms with Crippen LogP contribution < -0.4 is 14.9 Å². The van der Waals surface area contributed by atoms with Gasteiger partial charge < -0.3 is 9.47 Å². The van der Waals surface area contributed by atoms with Gasteiger partial charge in [0.15, 0.2) is 11.5 Å². The van der Waals surface area contributed by atoms with Gasteiger partial charge in [-0.25, -0.2) is 5.43 Å². The third-order valence-electron chi connectivity index (χ3n) is 4.55. The fourth-order valence-corrected chi connectivity index (χ4v) is 3.66. The van der Waals surface area contributed by atoms with E-state index in [1.54, 1.807) is 30.3 Å². The van der Waals surface area contributed by atoms with E-state index in [0.717, 1.165) is 20.3 Å². The van der Waals surface area contributed by atoms with Gasteiger partial charge in [-0.1, -0.05) is 18.2 Å². The summed E-state index contributed by atoms with van der Waals surface area (Å²) in [5.41, 5.74) is 5.49. The van der Waals surface area contributed by atoms with Gasteiger partial charge >= 0.3 is 0 Å². The van der Waals surface area contributed by atoms with Gasteiger partial charge in [0.2, 0.25) is 0 Å². The number of hydrogen-bond donors (Lipinski definition) is 1. The largest absolute Gasteiger partial charge is 0.493 e. The van der Waals surface area contributed by atoms with Crippen molar-refractivity contribution < 1.29 is 19.2 Å². The molecule has 0 aliphatic rings. The number of aryl methyl sites for hydroxylation is 1. The summed E-state index contributed by atoms with van der Waals surface area (Å²) in [4.78, 5) is 22.6.